The van der Waals surface area contributed by atoms with Crippen LogP contribution >= 0.6 is 11.8 Å². The Hall–Kier alpha value is -3.92. The van der Waals surface area contributed by atoms with Crippen molar-refractivity contribution in [1.82, 2.24) is 14.5 Å². The number of rotatable bonds is 7. The molecule has 4 rings (SSSR count). The molecule has 0 saturated carbocycles. The van der Waals surface area contributed by atoms with E-state index < -0.39 is 4.92 Å². The lowest BCUT2D eigenvalue weighted by atomic mass is 10.2. The molecule has 180 valence electrons. The highest BCUT2D eigenvalue weighted by Crippen LogP contribution is 2.35. The SMILES string of the molecule is CC[C@H](C)N1C(=O)S/C(=C/c2cc(C)n(-c3ccc(Oc4ccc([N+](=O)[O-])cn4)cc3)c2C)C1=O. The van der Waals surface area contributed by atoms with Gasteiger partial charge in [-0.05, 0) is 80.9 Å². The lowest BCUT2D eigenvalue weighted by Crippen LogP contribution is -2.36. The first-order valence-electron chi connectivity index (χ1n) is 11.0. The third-order valence-corrected chi connectivity index (χ3v) is 6.74. The van der Waals surface area contributed by atoms with Crippen molar-refractivity contribution in [2.45, 2.75) is 40.2 Å². The van der Waals surface area contributed by atoms with E-state index in [1.165, 1.54) is 17.0 Å². The topological polar surface area (TPSA) is 108 Å². The van der Waals surface area contributed by atoms with E-state index in [0.717, 1.165) is 40.6 Å². The van der Waals surface area contributed by atoms with Crippen molar-refractivity contribution in [1.29, 1.82) is 0 Å². The fraction of sp³-hybridized carbons (Fsp3) is 0.240. The van der Waals surface area contributed by atoms with Crippen molar-refractivity contribution in [2.24, 2.45) is 0 Å². The second-order valence-electron chi connectivity index (χ2n) is 8.18. The molecule has 1 saturated heterocycles. The predicted molar refractivity (Wildman–Crippen MR) is 134 cm³/mol. The zero-order valence-electron chi connectivity index (χ0n) is 19.7. The summed E-state index contributed by atoms with van der Waals surface area (Å²) in [5.41, 5.74) is 3.57. The quantitative estimate of drug-likeness (QED) is 0.225. The van der Waals surface area contributed by atoms with Crippen LogP contribution in [0.1, 0.15) is 37.2 Å². The number of imide groups is 1. The molecule has 9 nitrogen and oxygen atoms in total. The molecule has 1 aliphatic heterocycles. The van der Waals surface area contributed by atoms with Crippen LogP contribution in [-0.4, -0.2) is 36.6 Å². The number of pyridine rings is 1. The van der Waals surface area contributed by atoms with Gasteiger partial charge >= 0.3 is 0 Å². The summed E-state index contributed by atoms with van der Waals surface area (Å²) in [4.78, 5) is 41.1. The third-order valence-electron chi connectivity index (χ3n) is 5.86. The van der Waals surface area contributed by atoms with Crippen LogP contribution < -0.4 is 4.74 Å². The van der Waals surface area contributed by atoms with Gasteiger partial charge in [0.25, 0.3) is 16.8 Å². The molecule has 0 bridgehead atoms. The summed E-state index contributed by atoms with van der Waals surface area (Å²) in [6.45, 7) is 7.75. The van der Waals surface area contributed by atoms with Crippen LogP contribution in [0.4, 0.5) is 10.5 Å². The summed E-state index contributed by atoms with van der Waals surface area (Å²) < 4.78 is 7.74. The first-order chi connectivity index (χ1) is 16.7. The number of benzene rings is 1. The Balaban J connectivity index is 1.55. The number of hydrogen-bond donors (Lipinski definition) is 0. The van der Waals surface area contributed by atoms with Crippen molar-refractivity contribution in [3.8, 4) is 17.3 Å². The normalized spacial score (nSPS) is 15.7. The number of carbonyl (C=O) groups is 2. The number of hydrogen-bond acceptors (Lipinski definition) is 7. The number of aryl methyl sites for hydroxylation is 1. The average Bonchev–Trinajstić information content (AvgIpc) is 3.27. The summed E-state index contributed by atoms with van der Waals surface area (Å²) in [6, 6.07) is 12.0. The molecule has 0 unspecified atom stereocenters. The van der Waals surface area contributed by atoms with Crippen LogP contribution in [-0.2, 0) is 4.79 Å². The van der Waals surface area contributed by atoms with Gasteiger partial charge in [0.15, 0.2) is 0 Å². The third kappa shape index (κ3) is 4.83. The molecule has 3 heterocycles. The van der Waals surface area contributed by atoms with Crippen LogP contribution in [0.15, 0.2) is 53.6 Å². The smallest absolute Gasteiger partial charge is 0.293 e. The molecule has 3 aromatic rings. The Morgan fingerprint density at radius 2 is 1.89 bits per heavy atom. The van der Waals surface area contributed by atoms with E-state index in [4.69, 9.17) is 4.74 Å². The number of carbonyl (C=O) groups excluding carboxylic acids is 2. The van der Waals surface area contributed by atoms with Gasteiger partial charge in [-0.3, -0.25) is 24.6 Å². The van der Waals surface area contributed by atoms with Crippen molar-refractivity contribution in [2.75, 3.05) is 0 Å². The minimum Gasteiger partial charge on any atom is -0.439 e. The predicted octanol–water partition coefficient (Wildman–Crippen LogP) is 6.02. The maximum atomic E-state index is 12.8. The molecular weight excluding hydrogens is 468 g/mol. The average molecular weight is 493 g/mol. The summed E-state index contributed by atoms with van der Waals surface area (Å²) in [5.74, 6) is 0.544. The second-order valence-corrected chi connectivity index (χ2v) is 9.17. The minimum absolute atomic E-state index is 0.105. The Morgan fingerprint density at radius 1 is 1.17 bits per heavy atom. The Morgan fingerprint density at radius 3 is 2.49 bits per heavy atom. The Labute approximate surface area is 206 Å². The lowest BCUT2D eigenvalue weighted by Gasteiger charge is -2.19. The van der Waals surface area contributed by atoms with E-state index in [9.17, 15) is 19.7 Å². The Kier molecular flexibility index (Phi) is 6.74. The van der Waals surface area contributed by atoms with Crippen molar-refractivity contribution < 1.29 is 19.2 Å². The second kappa shape index (κ2) is 9.75. The number of ether oxygens (including phenoxy) is 1. The molecule has 10 heteroatoms. The largest absolute Gasteiger partial charge is 0.439 e. The summed E-state index contributed by atoms with van der Waals surface area (Å²) in [7, 11) is 0. The van der Waals surface area contributed by atoms with Crippen molar-refractivity contribution in [3.63, 3.8) is 0 Å². The zero-order valence-corrected chi connectivity index (χ0v) is 20.5. The van der Waals surface area contributed by atoms with E-state index in [0.29, 0.717) is 17.1 Å². The van der Waals surface area contributed by atoms with Crippen LogP contribution in [0.2, 0.25) is 0 Å². The lowest BCUT2D eigenvalue weighted by molar-refractivity contribution is -0.385. The van der Waals surface area contributed by atoms with Gasteiger partial charge in [0.05, 0.1) is 9.83 Å². The number of aromatic nitrogens is 2. The molecule has 0 N–H and O–H groups in total. The first-order valence-corrected chi connectivity index (χ1v) is 11.9. The van der Waals surface area contributed by atoms with Crippen LogP contribution in [0.5, 0.6) is 11.6 Å². The summed E-state index contributed by atoms with van der Waals surface area (Å²) in [6.07, 6.45) is 3.64. The van der Waals surface area contributed by atoms with Crippen LogP contribution in [0, 0.1) is 24.0 Å². The fourth-order valence-corrected chi connectivity index (χ4v) is 4.76. The van der Waals surface area contributed by atoms with E-state index in [2.05, 4.69) is 9.55 Å². The highest BCUT2D eigenvalue weighted by molar-refractivity contribution is 8.18. The number of thioether (sulfide) groups is 1. The van der Waals surface area contributed by atoms with Gasteiger partial charge in [-0.1, -0.05) is 6.92 Å². The van der Waals surface area contributed by atoms with Gasteiger partial charge in [-0.15, -0.1) is 0 Å². The molecule has 1 aliphatic rings. The van der Waals surface area contributed by atoms with Gasteiger partial charge in [-0.2, -0.15) is 0 Å². The van der Waals surface area contributed by atoms with Crippen molar-refractivity contribution in [3.05, 3.63) is 80.6 Å². The first kappa shape index (κ1) is 24.2. The van der Waals surface area contributed by atoms with E-state index in [1.807, 2.05) is 45.9 Å². The molecule has 0 radical (unpaired) electrons. The monoisotopic (exact) mass is 492 g/mol. The number of amides is 2. The highest BCUT2D eigenvalue weighted by Gasteiger charge is 2.37. The van der Waals surface area contributed by atoms with Gasteiger partial charge in [0.1, 0.15) is 11.9 Å². The van der Waals surface area contributed by atoms with Crippen LogP contribution in [0.25, 0.3) is 11.8 Å². The molecule has 1 fully saturated rings. The molecule has 35 heavy (non-hydrogen) atoms. The molecule has 1 aromatic carbocycles. The van der Waals surface area contributed by atoms with Crippen molar-refractivity contribution >= 4 is 34.7 Å². The molecule has 2 amide bonds. The highest BCUT2D eigenvalue weighted by atomic mass is 32.2. The summed E-state index contributed by atoms with van der Waals surface area (Å²) in [5, 5.41) is 10.5. The summed E-state index contributed by atoms with van der Waals surface area (Å²) >= 11 is 0.975. The number of nitrogens with zero attached hydrogens (tertiary/aromatic N) is 4. The van der Waals surface area contributed by atoms with E-state index in [-0.39, 0.29) is 28.8 Å². The van der Waals surface area contributed by atoms with Crippen LogP contribution in [0.3, 0.4) is 0 Å². The fourth-order valence-electron chi connectivity index (χ4n) is 3.84. The Bertz CT molecular complexity index is 1330. The molecule has 2 aromatic heterocycles. The standard InChI is InChI=1S/C25H24N4O5S/c1-5-15(2)28-24(30)22(35-25(28)31)13-18-12-16(3)27(17(18)4)19-6-9-21(10-7-19)34-23-11-8-20(14-26-23)29(32)33/h6-15H,5H2,1-4H3/b22-13+/t15-/m0/s1. The van der Waals surface area contributed by atoms with Gasteiger partial charge in [0, 0.05) is 35.2 Å². The van der Waals surface area contributed by atoms with E-state index >= 15 is 0 Å². The zero-order chi connectivity index (χ0) is 25.3. The molecular formula is C25H24N4O5S. The maximum Gasteiger partial charge on any atom is 0.293 e. The molecule has 1 atom stereocenters. The maximum absolute atomic E-state index is 12.8. The molecule has 0 spiro atoms. The van der Waals surface area contributed by atoms with Gasteiger partial charge in [0.2, 0.25) is 5.88 Å². The minimum atomic E-state index is -0.515. The molecule has 0 aliphatic carbocycles. The van der Waals surface area contributed by atoms with Gasteiger partial charge < -0.3 is 9.30 Å². The van der Waals surface area contributed by atoms with E-state index in [1.54, 1.807) is 18.2 Å². The van der Waals surface area contributed by atoms with Gasteiger partial charge in [-0.25, -0.2) is 4.98 Å². The number of nitro groups is 1.